The Labute approximate surface area is 112 Å². The molecule has 1 aromatic carbocycles. The van der Waals surface area contributed by atoms with Crippen molar-refractivity contribution in [3.8, 4) is 11.5 Å². The number of aliphatic hydroxyl groups is 1. The Morgan fingerprint density at radius 2 is 2.05 bits per heavy atom. The zero-order chi connectivity index (χ0) is 14.6. The van der Waals surface area contributed by atoms with Crippen LogP contribution in [-0.4, -0.2) is 44.9 Å². The summed E-state index contributed by atoms with van der Waals surface area (Å²) in [6, 6.07) is 2.52. The first kappa shape index (κ1) is 15.3. The number of amides is 1. The number of carbonyl (C=O) groups excluding carboxylic acids is 1. The molecular formula is C13H20N2O4. The van der Waals surface area contributed by atoms with Crippen molar-refractivity contribution < 1.29 is 19.4 Å². The predicted molar refractivity (Wildman–Crippen MR) is 72.8 cm³/mol. The molecule has 3 N–H and O–H groups in total. The SMILES string of the molecule is COc1ccc(N(C)C(=O)C(N)CO)c(OC)c1C. The number of rotatable bonds is 5. The van der Waals surface area contributed by atoms with Crippen LogP contribution in [0.5, 0.6) is 11.5 Å². The van der Waals surface area contributed by atoms with Crippen LogP contribution in [0.1, 0.15) is 5.56 Å². The first-order chi connectivity index (χ1) is 8.97. The van der Waals surface area contributed by atoms with Crippen LogP contribution in [0.25, 0.3) is 0 Å². The van der Waals surface area contributed by atoms with E-state index < -0.39 is 12.6 Å². The monoisotopic (exact) mass is 268 g/mol. The molecule has 0 bridgehead atoms. The summed E-state index contributed by atoms with van der Waals surface area (Å²) in [5.74, 6) is 0.832. The summed E-state index contributed by atoms with van der Waals surface area (Å²) in [5.41, 5.74) is 6.90. The number of likely N-dealkylation sites (N-methyl/N-ethyl adjacent to an activating group) is 1. The van der Waals surface area contributed by atoms with Crippen LogP contribution in [0, 0.1) is 6.92 Å². The summed E-state index contributed by atoms with van der Waals surface area (Å²) in [7, 11) is 4.68. The van der Waals surface area contributed by atoms with E-state index in [-0.39, 0.29) is 5.91 Å². The second kappa shape index (κ2) is 6.40. The Balaban J connectivity index is 3.20. The largest absolute Gasteiger partial charge is 0.496 e. The van der Waals surface area contributed by atoms with Gasteiger partial charge in [-0.2, -0.15) is 0 Å². The van der Waals surface area contributed by atoms with Gasteiger partial charge >= 0.3 is 0 Å². The molecule has 106 valence electrons. The summed E-state index contributed by atoms with van der Waals surface area (Å²) in [6.45, 7) is 1.44. The van der Waals surface area contributed by atoms with E-state index in [1.54, 1.807) is 26.3 Å². The molecule has 1 aromatic rings. The maximum absolute atomic E-state index is 12.0. The second-order valence-electron chi connectivity index (χ2n) is 4.13. The summed E-state index contributed by atoms with van der Waals surface area (Å²) in [6.07, 6.45) is 0. The number of hydrogen-bond donors (Lipinski definition) is 2. The zero-order valence-electron chi connectivity index (χ0n) is 11.6. The highest BCUT2D eigenvalue weighted by Crippen LogP contribution is 2.36. The van der Waals surface area contributed by atoms with E-state index in [1.807, 2.05) is 6.92 Å². The normalized spacial score (nSPS) is 11.9. The van der Waals surface area contributed by atoms with E-state index in [1.165, 1.54) is 12.0 Å². The minimum Gasteiger partial charge on any atom is -0.496 e. The smallest absolute Gasteiger partial charge is 0.246 e. The fraction of sp³-hybridized carbons (Fsp3) is 0.462. The van der Waals surface area contributed by atoms with Crippen molar-refractivity contribution in [2.24, 2.45) is 5.73 Å². The Morgan fingerprint density at radius 1 is 1.42 bits per heavy atom. The molecular weight excluding hydrogens is 248 g/mol. The number of methoxy groups -OCH3 is 2. The molecule has 0 aliphatic rings. The standard InChI is InChI=1S/C13H20N2O4/c1-8-11(18-3)6-5-10(12(8)19-4)15(2)13(17)9(14)7-16/h5-6,9,16H,7,14H2,1-4H3. The van der Waals surface area contributed by atoms with Gasteiger partial charge in [0.2, 0.25) is 5.91 Å². The Bertz CT molecular complexity index is 462. The number of benzene rings is 1. The minimum atomic E-state index is -0.947. The van der Waals surface area contributed by atoms with Crippen molar-refractivity contribution >= 4 is 11.6 Å². The number of ether oxygens (including phenoxy) is 2. The average molecular weight is 268 g/mol. The fourth-order valence-corrected chi connectivity index (χ4v) is 1.85. The maximum Gasteiger partial charge on any atom is 0.246 e. The van der Waals surface area contributed by atoms with Crippen LogP contribution in [-0.2, 0) is 4.79 Å². The van der Waals surface area contributed by atoms with Gasteiger partial charge in [0.25, 0.3) is 0 Å². The molecule has 0 fully saturated rings. The van der Waals surface area contributed by atoms with E-state index in [4.69, 9.17) is 20.3 Å². The molecule has 1 atom stereocenters. The number of anilines is 1. The second-order valence-corrected chi connectivity index (χ2v) is 4.13. The first-order valence-corrected chi connectivity index (χ1v) is 5.83. The van der Waals surface area contributed by atoms with Gasteiger partial charge in [-0.05, 0) is 19.1 Å². The topological polar surface area (TPSA) is 85.0 Å². The van der Waals surface area contributed by atoms with Crippen molar-refractivity contribution in [2.45, 2.75) is 13.0 Å². The minimum absolute atomic E-state index is 0.384. The van der Waals surface area contributed by atoms with Crippen LogP contribution in [0.3, 0.4) is 0 Å². The maximum atomic E-state index is 12.0. The van der Waals surface area contributed by atoms with Gasteiger partial charge < -0.3 is 25.2 Å². The van der Waals surface area contributed by atoms with Gasteiger partial charge in [-0.3, -0.25) is 4.79 Å². The van der Waals surface area contributed by atoms with Crippen LogP contribution >= 0.6 is 0 Å². The molecule has 6 heteroatoms. The molecule has 0 radical (unpaired) electrons. The number of hydrogen-bond acceptors (Lipinski definition) is 5. The molecule has 0 aromatic heterocycles. The molecule has 0 saturated heterocycles. The highest BCUT2D eigenvalue weighted by Gasteiger charge is 2.22. The van der Waals surface area contributed by atoms with Crippen molar-refractivity contribution in [3.63, 3.8) is 0 Å². The van der Waals surface area contributed by atoms with Crippen LogP contribution in [0.4, 0.5) is 5.69 Å². The van der Waals surface area contributed by atoms with Gasteiger partial charge in [-0.1, -0.05) is 0 Å². The van der Waals surface area contributed by atoms with Crippen molar-refractivity contribution in [1.29, 1.82) is 0 Å². The number of carbonyl (C=O) groups is 1. The average Bonchev–Trinajstić information content (AvgIpc) is 2.44. The van der Waals surface area contributed by atoms with Gasteiger partial charge in [-0.25, -0.2) is 0 Å². The molecule has 1 amide bonds. The summed E-state index contributed by atoms with van der Waals surface area (Å²) in [5, 5.41) is 8.94. The third-order valence-electron chi connectivity index (χ3n) is 2.97. The highest BCUT2D eigenvalue weighted by atomic mass is 16.5. The third-order valence-corrected chi connectivity index (χ3v) is 2.97. The highest BCUT2D eigenvalue weighted by molar-refractivity contribution is 5.98. The molecule has 0 aliphatic heterocycles. The summed E-state index contributed by atoms with van der Waals surface area (Å²) >= 11 is 0. The lowest BCUT2D eigenvalue weighted by atomic mass is 10.1. The lowest BCUT2D eigenvalue weighted by Gasteiger charge is -2.24. The molecule has 19 heavy (non-hydrogen) atoms. The Morgan fingerprint density at radius 3 is 2.53 bits per heavy atom. The summed E-state index contributed by atoms with van der Waals surface area (Å²) in [4.78, 5) is 13.3. The van der Waals surface area contributed by atoms with Gasteiger partial charge in [0.05, 0.1) is 26.5 Å². The third kappa shape index (κ3) is 2.97. The van der Waals surface area contributed by atoms with Crippen molar-refractivity contribution in [2.75, 3.05) is 32.8 Å². The molecule has 0 aliphatic carbocycles. The van der Waals surface area contributed by atoms with E-state index in [2.05, 4.69) is 0 Å². The van der Waals surface area contributed by atoms with Crippen molar-refractivity contribution in [1.82, 2.24) is 0 Å². The van der Waals surface area contributed by atoms with Gasteiger partial charge in [0.1, 0.15) is 17.5 Å². The fourth-order valence-electron chi connectivity index (χ4n) is 1.85. The van der Waals surface area contributed by atoms with Crippen LogP contribution in [0.2, 0.25) is 0 Å². The van der Waals surface area contributed by atoms with Crippen molar-refractivity contribution in [3.05, 3.63) is 17.7 Å². The first-order valence-electron chi connectivity index (χ1n) is 5.83. The molecule has 1 rings (SSSR count). The summed E-state index contributed by atoms with van der Waals surface area (Å²) < 4.78 is 10.5. The zero-order valence-corrected chi connectivity index (χ0v) is 11.6. The molecule has 6 nitrogen and oxygen atoms in total. The van der Waals surface area contributed by atoms with Gasteiger partial charge in [-0.15, -0.1) is 0 Å². The van der Waals surface area contributed by atoms with E-state index in [0.717, 1.165) is 5.56 Å². The van der Waals surface area contributed by atoms with Crippen LogP contribution < -0.4 is 20.1 Å². The van der Waals surface area contributed by atoms with Crippen LogP contribution in [0.15, 0.2) is 12.1 Å². The van der Waals surface area contributed by atoms with Gasteiger partial charge in [0.15, 0.2) is 0 Å². The number of nitrogens with zero attached hydrogens (tertiary/aromatic N) is 1. The lowest BCUT2D eigenvalue weighted by molar-refractivity contribution is -0.120. The molecule has 0 heterocycles. The predicted octanol–water partition coefficient (Wildman–Crippen LogP) is 0.295. The number of nitrogens with two attached hydrogens (primary N) is 1. The quantitative estimate of drug-likeness (QED) is 0.802. The van der Waals surface area contributed by atoms with E-state index in [0.29, 0.717) is 17.2 Å². The molecule has 0 saturated carbocycles. The lowest BCUT2D eigenvalue weighted by Crippen LogP contribution is -2.44. The van der Waals surface area contributed by atoms with Gasteiger partial charge in [0, 0.05) is 12.6 Å². The Hall–Kier alpha value is -1.79. The molecule has 1 unspecified atom stereocenters. The van der Waals surface area contributed by atoms with E-state index in [9.17, 15) is 4.79 Å². The Kier molecular flexibility index (Phi) is 5.14. The molecule has 0 spiro atoms. The number of aliphatic hydroxyl groups excluding tert-OH is 1. The van der Waals surface area contributed by atoms with E-state index >= 15 is 0 Å².